The van der Waals surface area contributed by atoms with E-state index in [0.717, 1.165) is 29.2 Å². The molecule has 1 amide bonds. The lowest BCUT2D eigenvalue weighted by Gasteiger charge is -2.20. The van der Waals surface area contributed by atoms with Crippen LogP contribution in [0.15, 0.2) is 48.8 Å². The van der Waals surface area contributed by atoms with Gasteiger partial charge in [0.05, 0.1) is 6.54 Å². The van der Waals surface area contributed by atoms with Crippen molar-refractivity contribution in [3.8, 4) is 0 Å². The smallest absolute Gasteiger partial charge is 0.234 e. The molecule has 0 saturated heterocycles. The van der Waals surface area contributed by atoms with Crippen molar-refractivity contribution >= 4 is 17.5 Å². The molecule has 2 aromatic rings. The van der Waals surface area contributed by atoms with Gasteiger partial charge in [0, 0.05) is 30.5 Å². The molecule has 0 saturated carbocycles. The highest BCUT2D eigenvalue weighted by atomic mass is 35.5. The van der Waals surface area contributed by atoms with Gasteiger partial charge < -0.3 is 5.32 Å². The van der Waals surface area contributed by atoms with E-state index in [1.807, 2.05) is 43.3 Å². The summed E-state index contributed by atoms with van der Waals surface area (Å²) in [5.74, 6) is 0.0136. The second kappa shape index (κ2) is 8.51. The molecule has 0 bridgehead atoms. The molecule has 0 aliphatic rings. The third kappa shape index (κ3) is 5.47. The summed E-state index contributed by atoms with van der Waals surface area (Å²) in [6.07, 6.45) is 3.47. The molecule has 1 N–H and O–H groups in total. The number of carbonyl (C=O) groups is 1. The van der Waals surface area contributed by atoms with Crippen LogP contribution in [0.5, 0.6) is 0 Å². The predicted octanol–water partition coefficient (Wildman–Crippen LogP) is 2.87. The topological polar surface area (TPSA) is 45.2 Å². The van der Waals surface area contributed by atoms with Crippen molar-refractivity contribution in [3.63, 3.8) is 0 Å². The number of nitrogens with zero attached hydrogens (tertiary/aromatic N) is 2. The molecular formula is C17H20ClN3O. The molecule has 0 aliphatic heterocycles. The van der Waals surface area contributed by atoms with Crippen molar-refractivity contribution in [2.75, 3.05) is 13.1 Å². The molecule has 0 atom stereocenters. The molecule has 2 rings (SSSR count). The number of hydrogen-bond acceptors (Lipinski definition) is 3. The second-order valence-corrected chi connectivity index (χ2v) is 5.50. The maximum Gasteiger partial charge on any atom is 0.234 e. The monoisotopic (exact) mass is 317 g/mol. The van der Waals surface area contributed by atoms with Crippen LogP contribution in [0.3, 0.4) is 0 Å². The lowest BCUT2D eigenvalue weighted by atomic mass is 10.2. The number of benzene rings is 1. The number of halogens is 1. The van der Waals surface area contributed by atoms with Crippen LogP contribution >= 0.6 is 11.6 Å². The number of hydrogen-bond donors (Lipinski definition) is 1. The molecule has 22 heavy (non-hydrogen) atoms. The fourth-order valence-electron chi connectivity index (χ4n) is 2.09. The van der Waals surface area contributed by atoms with Crippen molar-refractivity contribution in [2.24, 2.45) is 0 Å². The van der Waals surface area contributed by atoms with E-state index in [2.05, 4.69) is 15.2 Å². The molecule has 0 spiro atoms. The Kier molecular flexibility index (Phi) is 6.37. The molecule has 4 nitrogen and oxygen atoms in total. The first-order valence-electron chi connectivity index (χ1n) is 7.29. The SMILES string of the molecule is CCN(CC(=O)NCc1cccnc1)Cc1ccc(Cl)cc1. The molecule has 0 aliphatic carbocycles. The Morgan fingerprint density at radius 2 is 2.00 bits per heavy atom. The normalized spacial score (nSPS) is 10.7. The summed E-state index contributed by atoms with van der Waals surface area (Å²) >= 11 is 5.88. The number of amides is 1. The summed E-state index contributed by atoms with van der Waals surface area (Å²) in [5, 5.41) is 3.64. The van der Waals surface area contributed by atoms with Gasteiger partial charge in [0.15, 0.2) is 0 Å². The van der Waals surface area contributed by atoms with Crippen molar-refractivity contribution in [2.45, 2.75) is 20.0 Å². The average Bonchev–Trinajstić information content (AvgIpc) is 2.55. The molecule has 0 radical (unpaired) electrons. The zero-order valence-electron chi connectivity index (χ0n) is 12.6. The van der Waals surface area contributed by atoms with Crippen LogP contribution in [-0.4, -0.2) is 28.9 Å². The van der Waals surface area contributed by atoms with Crippen LogP contribution in [0.4, 0.5) is 0 Å². The van der Waals surface area contributed by atoms with Crippen LogP contribution in [0.2, 0.25) is 5.02 Å². The molecule has 1 heterocycles. The van der Waals surface area contributed by atoms with Crippen LogP contribution in [0, 0.1) is 0 Å². The quantitative estimate of drug-likeness (QED) is 0.854. The second-order valence-electron chi connectivity index (χ2n) is 5.07. The van der Waals surface area contributed by atoms with E-state index < -0.39 is 0 Å². The Hall–Kier alpha value is -1.91. The van der Waals surface area contributed by atoms with Gasteiger partial charge in [-0.3, -0.25) is 14.7 Å². The first-order chi connectivity index (χ1) is 10.7. The van der Waals surface area contributed by atoms with Crippen LogP contribution in [0.1, 0.15) is 18.1 Å². The third-order valence-electron chi connectivity index (χ3n) is 3.35. The highest BCUT2D eigenvalue weighted by Gasteiger charge is 2.09. The van der Waals surface area contributed by atoms with Gasteiger partial charge >= 0.3 is 0 Å². The van der Waals surface area contributed by atoms with E-state index in [1.54, 1.807) is 12.4 Å². The number of pyridine rings is 1. The summed E-state index contributed by atoms with van der Waals surface area (Å²) in [6.45, 7) is 4.46. The zero-order valence-corrected chi connectivity index (χ0v) is 13.4. The van der Waals surface area contributed by atoms with Gasteiger partial charge in [-0.1, -0.05) is 36.7 Å². The van der Waals surface area contributed by atoms with Crippen molar-refractivity contribution < 1.29 is 4.79 Å². The van der Waals surface area contributed by atoms with E-state index >= 15 is 0 Å². The molecular weight excluding hydrogens is 298 g/mol. The Morgan fingerprint density at radius 1 is 1.23 bits per heavy atom. The van der Waals surface area contributed by atoms with E-state index in [4.69, 9.17) is 11.6 Å². The summed E-state index contributed by atoms with van der Waals surface area (Å²) in [6, 6.07) is 11.5. The fraction of sp³-hybridized carbons (Fsp3) is 0.294. The maximum atomic E-state index is 12.0. The highest BCUT2D eigenvalue weighted by Crippen LogP contribution is 2.11. The van der Waals surface area contributed by atoms with Gasteiger partial charge in [0.1, 0.15) is 0 Å². The van der Waals surface area contributed by atoms with Gasteiger partial charge in [-0.25, -0.2) is 0 Å². The van der Waals surface area contributed by atoms with E-state index in [-0.39, 0.29) is 5.91 Å². The third-order valence-corrected chi connectivity index (χ3v) is 3.60. The molecule has 116 valence electrons. The van der Waals surface area contributed by atoms with Gasteiger partial charge in [0.25, 0.3) is 0 Å². The molecule has 1 aromatic carbocycles. The number of aromatic nitrogens is 1. The first-order valence-corrected chi connectivity index (χ1v) is 7.67. The van der Waals surface area contributed by atoms with Gasteiger partial charge in [-0.15, -0.1) is 0 Å². The fourth-order valence-corrected chi connectivity index (χ4v) is 2.22. The molecule has 0 unspecified atom stereocenters. The van der Waals surface area contributed by atoms with Crippen molar-refractivity contribution in [1.82, 2.24) is 15.2 Å². The summed E-state index contributed by atoms with van der Waals surface area (Å²) in [4.78, 5) is 18.2. The van der Waals surface area contributed by atoms with Crippen molar-refractivity contribution in [3.05, 3.63) is 64.9 Å². The minimum absolute atomic E-state index is 0.0136. The summed E-state index contributed by atoms with van der Waals surface area (Å²) in [7, 11) is 0. The van der Waals surface area contributed by atoms with Crippen LogP contribution < -0.4 is 5.32 Å². The average molecular weight is 318 g/mol. The van der Waals surface area contributed by atoms with Crippen LogP contribution in [0.25, 0.3) is 0 Å². The zero-order chi connectivity index (χ0) is 15.8. The Morgan fingerprint density at radius 3 is 2.64 bits per heavy atom. The van der Waals surface area contributed by atoms with Crippen LogP contribution in [-0.2, 0) is 17.9 Å². The number of likely N-dealkylation sites (N-methyl/N-ethyl adjacent to an activating group) is 1. The van der Waals surface area contributed by atoms with Gasteiger partial charge in [0.2, 0.25) is 5.91 Å². The molecule has 1 aromatic heterocycles. The minimum atomic E-state index is 0.0136. The lowest BCUT2D eigenvalue weighted by Crippen LogP contribution is -2.36. The molecule has 5 heteroatoms. The standard InChI is InChI=1S/C17H20ClN3O/c1-2-21(12-14-5-7-16(18)8-6-14)13-17(22)20-11-15-4-3-9-19-10-15/h3-10H,2,11-13H2,1H3,(H,20,22). The highest BCUT2D eigenvalue weighted by molar-refractivity contribution is 6.30. The summed E-state index contributed by atoms with van der Waals surface area (Å²) in [5.41, 5.74) is 2.14. The van der Waals surface area contributed by atoms with Gasteiger partial charge in [-0.05, 0) is 35.9 Å². The Bertz CT molecular complexity index is 587. The summed E-state index contributed by atoms with van der Waals surface area (Å²) < 4.78 is 0. The van der Waals surface area contributed by atoms with E-state index in [0.29, 0.717) is 13.1 Å². The lowest BCUT2D eigenvalue weighted by molar-refractivity contribution is -0.122. The Balaban J connectivity index is 1.81. The number of rotatable bonds is 7. The predicted molar refractivity (Wildman–Crippen MR) is 88.5 cm³/mol. The maximum absolute atomic E-state index is 12.0. The Labute approximate surface area is 136 Å². The minimum Gasteiger partial charge on any atom is -0.351 e. The van der Waals surface area contributed by atoms with E-state index in [1.165, 1.54) is 0 Å². The largest absolute Gasteiger partial charge is 0.351 e. The number of carbonyl (C=O) groups excluding carboxylic acids is 1. The van der Waals surface area contributed by atoms with Gasteiger partial charge in [-0.2, -0.15) is 0 Å². The van der Waals surface area contributed by atoms with Crippen molar-refractivity contribution in [1.29, 1.82) is 0 Å². The molecule has 0 fully saturated rings. The first kappa shape index (κ1) is 16.5. The number of nitrogens with one attached hydrogen (secondary N) is 1. The van der Waals surface area contributed by atoms with E-state index in [9.17, 15) is 4.79 Å².